The minimum atomic E-state index is -0.495. The molecule has 0 radical (unpaired) electrons. The van der Waals surface area contributed by atoms with Gasteiger partial charge in [0.25, 0.3) is 0 Å². The number of hydrogen-bond donors (Lipinski definition) is 1. The highest BCUT2D eigenvalue weighted by molar-refractivity contribution is 5.85. The van der Waals surface area contributed by atoms with E-state index >= 15 is 0 Å². The maximum absolute atomic E-state index is 13.8. The van der Waals surface area contributed by atoms with Crippen LogP contribution < -0.4 is 0 Å². The Kier molecular flexibility index (Phi) is 5.09. The van der Waals surface area contributed by atoms with Crippen molar-refractivity contribution in [3.05, 3.63) is 30.2 Å². The van der Waals surface area contributed by atoms with Gasteiger partial charge in [0.1, 0.15) is 12.4 Å². The van der Waals surface area contributed by atoms with Gasteiger partial charge >= 0.3 is 0 Å². The Labute approximate surface area is 202 Å². The predicted octanol–water partition coefficient (Wildman–Crippen LogP) is 6.15. The zero-order valence-electron chi connectivity index (χ0n) is 20.9. The summed E-state index contributed by atoms with van der Waals surface area (Å²) in [5.74, 6) is 2.74. The van der Waals surface area contributed by atoms with Crippen LogP contribution in [0, 0.1) is 46.2 Å². The number of carbonyl (C=O) groups excluding carboxylic acids is 1. The standard InChI is InChI=1S/C29H39FN2O2/c1-27(34)12-13-28(2)19(15-27)5-7-21-22-8-9-24(29(22,3)11-10-23(21)28)26(33)17-32-25-14-20(30)6-4-18(25)16-31-32/h4,6,14,16,19,21-24,34H,5,7-13,15,17H2,1-3H3/t19-,21+,22+,23+,24-,27-,28?,29+/m1/s1. The normalized spacial score (nSPS) is 43.9. The fourth-order valence-corrected chi connectivity index (χ4v) is 9.39. The highest BCUT2D eigenvalue weighted by Crippen LogP contribution is 2.68. The van der Waals surface area contributed by atoms with Crippen molar-refractivity contribution >= 4 is 16.7 Å². The first kappa shape index (κ1) is 22.7. The lowest BCUT2D eigenvalue weighted by Gasteiger charge is -2.61. The zero-order chi connectivity index (χ0) is 23.9. The fourth-order valence-electron chi connectivity index (χ4n) is 9.39. The van der Waals surface area contributed by atoms with E-state index in [1.807, 2.05) is 6.92 Å². The Balaban J connectivity index is 1.22. The van der Waals surface area contributed by atoms with Crippen molar-refractivity contribution in [3.8, 4) is 0 Å². The summed E-state index contributed by atoms with van der Waals surface area (Å²) in [5, 5.41) is 16.0. The molecule has 5 heteroatoms. The van der Waals surface area contributed by atoms with Crippen molar-refractivity contribution in [2.75, 3.05) is 0 Å². The minimum absolute atomic E-state index is 0.0653. The highest BCUT2D eigenvalue weighted by Gasteiger charge is 2.61. The van der Waals surface area contributed by atoms with E-state index in [1.54, 1.807) is 16.9 Å². The fraction of sp³-hybridized carbons (Fsp3) is 0.724. The number of rotatable bonds is 3. The molecular formula is C29H39FN2O2. The molecule has 1 unspecified atom stereocenters. The van der Waals surface area contributed by atoms with Crippen molar-refractivity contribution < 1.29 is 14.3 Å². The van der Waals surface area contributed by atoms with E-state index in [1.165, 1.54) is 31.4 Å². The zero-order valence-corrected chi connectivity index (χ0v) is 20.9. The first-order chi connectivity index (χ1) is 16.1. The van der Waals surface area contributed by atoms with E-state index in [-0.39, 0.29) is 29.5 Å². The molecule has 0 aliphatic heterocycles. The molecule has 1 N–H and O–H groups in total. The lowest BCUT2D eigenvalue weighted by molar-refractivity contribution is -0.151. The lowest BCUT2D eigenvalue weighted by Crippen LogP contribution is -2.55. The highest BCUT2D eigenvalue weighted by atomic mass is 19.1. The second kappa shape index (κ2) is 7.62. The minimum Gasteiger partial charge on any atom is -0.390 e. The Morgan fingerprint density at radius 2 is 1.85 bits per heavy atom. The molecule has 0 spiro atoms. The van der Waals surface area contributed by atoms with Crippen molar-refractivity contribution in [1.29, 1.82) is 0 Å². The summed E-state index contributed by atoms with van der Waals surface area (Å²) in [7, 11) is 0. The third-order valence-electron chi connectivity index (χ3n) is 11.3. The molecule has 34 heavy (non-hydrogen) atoms. The molecule has 4 fully saturated rings. The summed E-state index contributed by atoms with van der Waals surface area (Å²) in [4.78, 5) is 13.6. The maximum atomic E-state index is 13.8. The number of halogens is 1. The molecule has 1 aromatic heterocycles. The number of Topliss-reactive ketones (excluding diaryl/α,β-unsaturated/α-hetero) is 1. The van der Waals surface area contributed by atoms with E-state index < -0.39 is 5.60 Å². The van der Waals surface area contributed by atoms with Crippen molar-refractivity contribution in [2.24, 2.45) is 40.4 Å². The number of hydrogen-bond acceptors (Lipinski definition) is 3. The number of aliphatic hydroxyl groups is 1. The molecule has 0 bridgehead atoms. The average Bonchev–Trinajstić information content (AvgIpc) is 3.34. The summed E-state index contributed by atoms with van der Waals surface area (Å²) in [6.45, 7) is 7.18. The molecular weight excluding hydrogens is 427 g/mol. The summed E-state index contributed by atoms with van der Waals surface area (Å²) in [6, 6.07) is 4.66. The summed E-state index contributed by atoms with van der Waals surface area (Å²) in [5.41, 5.74) is 0.615. The molecule has 1 heterocycles. The van der Waals surface area contributed by atoms with Crippen LogP contribution in [0.4, 0.5) is 4.39 Å². The van der Waals surface area contributed by atoms with E-state index in [9.17, 15) is 14.3 Å². The first-order valence-corrected chi connectivity index (χ1v) is 13.5. The number of aromatic nitrogens is 2. The Morgan fingerprint density at radius 3 is 2.68 bits per heavy atom. The first-order valence-electron chi connectivity index (χ1n) is 13.5. The van der Waals surface area contributed by atoms with Gasteiger partial charge in [-0.3, -0.25) is 9.48 Å². The number of nitrogens with zero attached hydrogens (tertiary/aromatic N) is 2. The molecule has 0 saturated heterocycles. The van der Waals surface area contributed by atoms with Gasteiger partial charge in [0, 0.05) is 11.3 Å². The van der Waals surface area contributed by atoms with Crippen LogP contribution in [-0.4, -0.2) is 26.3 Å². The molecule has 0 amide bonds. The van der Waals surface area contributed by atoms with Crippen LogP contribution in [0.25, 0.3) is 10.9 Å². The van der Waals surface area contributed by atoms with E-state index in [4.69, 9.17) is 0 Å². The summed E-state index contributed by atoms with van der Waals surface area (Å²) < 4.78 is 15.5. The molecule has 4 saturated carbocycles. The van der Waals surface area contributed by atoms with Gasteiger partial charge in [-0.25, -0.2) is 4.39 Å². The molecule has 4 aliphatic carbocycles. The Bertz CT molecular complexity index is 1120. The number of ketones is 1. The van der Waals surface area contributed by atoms with Crippen LogP contribution in [0.15, 0.2) is 24.4 Å². The Morgan fingerprint density at radius 1 is 1.06 bits per heavy atom. The second-order valence-corrected chi connectivity index (χ2v) is 13.0. The van der Waals surface area contributed by atoms with Gasteiger partial charge in [-0.2, -0.15) is 5.10 Å². The van der Waals surface area contributed by atoms with Gasteiger partial charge in [0.2, 0.25) is 0 Å². The van der Waals surface area contributed by atoms with Gasteiger partial charge in [0.15, 0.2) is 5.78 Å². The molecule has 6 rings (SSSR count). The number of benzene rings is 1. The monoisotopic (exact) mass is 466 g/mol. The van der Waals surface area contributed by atoms with Crippen LogP contribution in [0.2, 0.25) is 0 Å². The lowest BCUT2D eigenvalue weighted by atomic mass is 9.44. The number of carbonyl (C=O) groups is 1. The van der Waals surface area contributed by atoms with Crippen LogP contribution in [-0.2, 0) is 11.3 Å². The topological polar surface area (TPSA) is 55.1 Å². The molecule has 2 aromatic rings. The molecule has 4 aliphatic rings. The molecule has 184 valence electrons. The van der Waals surface area contributed by atoms with E-state index in [0.29, 0.717) is 28.7 Å². The van der Waals surface area contributed by atoms with Crippen LogP contribution in [0.1, 0.15) is 78.6 Å². The van der Waals surface area contributed by atoms with E-state index in [0.717, 1.165) is 49.8 Å². The summed E-state index contributed by atoms with van der Waals surface area (Å²) in [6.07, 6.45) is 11.7. The van der Waals surface area contributed by atoms with Gasteiger partial charge in [0.05, 0.1) is 17.3 Å². The largest absolute Gasteiger partial charge is 0.390 e. The maximum Gasteiger partial charge on any atom is 0.157 e. The number of fused-ring (bicyclic) bond motifs is 6. The third kappa shape index (κ3) is 3.32. The van der Waals surface area contributed by atoms with Gasteiger partial charge in [-0.1, -0.05) is 13.8 Å². The molecule has 1 aromatic carbocycles. The van der Waals surface area contributed by atoms with Crippen LogP contribution in [0.5, 0.6) is 0 Å². The predicted molar refractivity (Wildman–Crippen MR) is 131 cm³/mol. The Hall–Kier alpha value is -1.75. The van der Waals surface area contributed by atoms with Gasteiger partial charge < -0.3 is 5.11 Å². The van der Waals surface area contributed by atoms with E-state index in [2.05, 4.69) is 18.9 Å². The second-order valence-electron chi connectivity index (χ2n) is 13.0. The molecule has 4 nitrogen and oxygen atoms in total. The van der Waals surface area contributed by atoms with Crippen LogP contribution >= 0.6 is 0 Å². The van der Waals surface area contributed by atoms with Gasteiger partial charge in [-0.05, 0) is 117 Å². The smallest absolute Gasteiger partial charge is 0.157 e. The van der Waals surface area contributed by atoms with Crippen LogP contribution in [0.3, 0.4) is 0 Å². The summed E-state index contributed by atoms with van der Waals surface area (Å²) >= 11 is 0. The van der Waals surface area contributed by atoms with Gasteiger partial charge in [-0.15, -0.1) is 0 Å². The SMILES string of the molecule is CC12CC[C@@](C)(O)C[C@H]1CC[C@@H]1[C@@H]2CC[C@]2(C)[C@@H](C(=O)Cn3ncc4ccc(F)cc43)CC[C@@H]12. The van der Waals surface area contributed by atoms with Crippen molar-refractivity contribution in [2.45, 2.75) is 90.7 Å². The van der Waals surface area contributed by atoms with Crippen molar-refractivity contribution in [1.82, 2.24) is 9.78 Å². The average molecular weight is 467 g/mol. The van der Waals surface area contributed by atoms with Crippen molar-refractivity contribution in [3.63, 3.8) is 0 Å². The molecule has 8 atom stereocenters. The quantitative estimate of drug-likeness (QED) is 0.590. The third-order valence-corrected chi connectivity index (χ3v) is 11.3.